The number of hydrogen-bond acceptors (Lipinski definition) is 3. The van der Waals surface area contributed by atoms with Crippen LogP contribution in [0.15, 0.2) is 53.5 Å². The van der Waals surface area contributed by atoms with Gasteiger partial charge in [-0.1, -0.05) is 24.3 Å². The van der Waals surface area contributed by atoms with Crippen LogP contribution in [-0.4, -0.2) is 57.1 Å². The number of methoxy groups -OCH3 is 1. The molecule has 3 rings (SSSR count). The molecule has 8 heteroatoms. The predicted molar refractivity (Wildman–Crippen MR) is 132 cm³/mol. The van der Waals surface area contributed by atoms with E-state index in [1.807, 2.05) is 12.1 Å². The molecule has 168 valence electrons. The summed E-state index contributed by atoms with van der Waals surface area (Å²) in [7, 11) is 3.44. The molecule has 0 aromatic heterocycles. The summed E-state index contributed by atoms with van der Waals surface area (Å²) < 4.78 is 18.4. The maximum Gasteiger partial charge on any atom is 0.224 e. The Morgan fingerprint density at radius 3 is 2.61 bits per heavy atom. The molecule has 2 aromatic carbocycles. The molecule has 1 aliphatic rings. The summed E-state index contributed by atoms with van der Waals surface area (Å²) in [6.45, 7) is 2.88. The molecular weight excluding hydrogens is 510 g/mol. The summed E-state index contributed by atoms with van der Waals surface area (Å²) in [5.41, 5.74) is 1.97. The first-order valence-corrected chi connectivity index (χ1v) is 10.2. The Bertz CT molecular complexity index is 876. The Kier molecular flexibility index (Phi) is 10.0. The van der Waals surface area contributed by atoms with Crippen LogP contribution >= 0.6 is 24.0 Å². The van der Waals surface area contributed by atoms with Gasteiger partial charge in [-0.2, -0.15) is 0 Å². The summed E-state index contributed by atoms with van der Waals surface area (Å²) in [4.78, 5) is 18.6. The lowest BCUT2D eigenvalue weighted by molar-refractivity contribution is -0.120. The van der Waals surface area contributed by atoms with Crippen molar-refractivity contribution in [1.29, 1.82) is 0 Å². The third-order valence-electron chi connectivity index (χ3n) is 5.27. The first kappa shape index (κ1) is 24.9. The van der Waals surface area contributed by atoms with Crippen LogP contribution < -0.4 is 15.4 Å². The summed E-state index contributed by atoms with van der Waals surface area (Å²) in [5.74, 6) is 1.71. The molecule has 1 fully saturated rings. The third kappa shape index (κ3) is 7.37. The normalized spacial score (nSPS) is 15.9. The molecular formula is C23H30FIN4O2. The van der Waals surface area contributed by atoms with Crippen molar-refractivity contribution in [3.05, 3.63) is 65.5 Å². The second kappa shape index (κ2) is 12.5. The molecule has 2 N–H and O–H groups in total. The standard InChI is InChI=1S/C23H29FN4O2.HI/c1-25-23(27-12-11-26-22(29)15-17-4-3-5-20(24)14-17)28-13-10-19(16-28)18-6-8-21(30-2)9-7-18;/h3-9,14,19H,10-13,15-16H2,1-2H3,(H,25,27)(H,26,29);1H. The lowest BCUT2D eigenvalue weighted by Gasteiger charge is -2.22. The summed E-state index contributed by atoms with van der Waals surface area (Å²) in [6.07, 6.45) is 1.24. The Morgan fingerprint density at radius 2 is 1.94 bits per heavy atom. The van der Waals surface area contributed by atoms with E-state index < -0.39 is 0 Å². The van der Waals surface area contributed by atoms with Crippen molar-refractivity contribution < 1.29 is 13.9 Å². The molecule has 0 radical (unpaired) electrons. The van der Waals surface area contributed by atoms with Gasteiger partial charge in [0.15, 0.2) is 5.96 Å². The molecule has 0 saturated carbocycles. The van der Waals surface area contributed by atoms with Gasteiger partial charge in [-0.25, -0.2) is 4.39 Å². The van der Waals surface area contributed by atoms with E-state index in [0.717, 1.165) is 31.2 Å². The van der Waals surface area contributed by atoms with E-state index in [2.05, 4.69) is 32.7 Å². The second-order valence-corrected chi connectivity index (χ2v) is 7.34. The maximum absolute atomic E-state index is 13.2. The summed E-state index contributed by atoms with van der Waals surface area (Å²) >= 11 is 0. The van der Waals surface area contributed by atoms with Gasteiger partial charge in [-0.3, -0.25) is 9.79 Å². The first-order chi connectivity index (χ1) is 14.6. The lowest BCUT2D eigenvalue weighted by atomic mass is 9.98. The van der Waals surface area contributed by atoms with Crippen LogP contribution in [0.4, 0.5) is 4.39 Å². The average Bonchev–Trinajstić information content (AvgIpc) is 3.24. The number of carbonyl (C=O) groups is 1. The van der Waals surface area contributed by atoms with Crippen molar-refractivity contribution in [1.82, 2.24) is 15.5 Å². The van der Waals surface area contributed by atoms with Gasteiger partial charge < -0.3 is 20.3 Å². The molecule has 0 aliphatic carbocycles. The Labute approximate surface area is 200 Å². The molecule has 1 heterocycles. The summed E-state index contributed by atoms with van der Waals surface area (Å²) in [5, 5.41) is 6.17. The number of rotatable bonds is 7. The minimum Gasteiger partial charge on any atom is -0.497 e. The molecule has 1 saturated heterocycles. The minimum absolute atomic E-state index is 0. The number of nitrogens with zero attached hydrogens (tertiary/aromatic N) is 2. The zero-order valence-corrected chi connectivity index (χ0v) is 20.3. The molecule has 31 heavy (non-hydrogen) atoms. The van der Waals surface area contributed by atoms with Gasteiger partial charge in [0.25, 0.3) is 0 Å². The van der Waals surface area contributed by atoms with Crippen LogP contribution in [0.5, 0.6) is 5.75 Å². The monoisotopic (exact) mass is 540 g/mol. The van der Waals surface area contributed by atoms with E-state index in [-0.39, 0.29) is 42.1 Å². The van der Waals surface area contributed by atoms with Crippen LogP contribution in [0.3, 0.4) is 0 Å². The van der Waals surface area contributed by atoms with Gasteiger partial charge in [-0.15, -0.1) is 24.0 Å². The van der Waals surface area contributed by atoms with Gasteiger partial charge in [0.1, 0.15) is 11.6 Å². The highest BCUT2D eigenvalue weighted by Crippen LogP contribution is 2.28. The zero-order valence-electron chi connectivity index (χ0n) is 17.9. The third-order valence-corrected chi connectivity index (χ3v) is 5.27. The molecule has 1 amide bonds. The average molecular weight is 540 g/mol. The fourth-order valence-electron chi connectivity index (χ4n) is 3.70. The Morgan fingerprint density at radius 1 is 1.19 bits per heavy atom. The van der Waals surface area contributed by atoms with Gasteiger partial charge >= 0.3 is 0 Å². The molecule has 2 aromatic rings. The van der Waals surface area contributed by atoms with E-state index in [0.29, 0.717) is 24.6 Å². The highest BCUT2D eigenvalue weighted by molar-refractivity contribution is 14.0. The SMILES string of the molecule is CN=C(NCCNC(=O)Cc1cccc(F)c1)N1CCC(c2ccc(OC)cc2)C1.I. The molecule has 1 unspecified atom stereocenters. The zero-order chi connectivity index (χ0) is 21.3. The molecule has 0 spiro atoms. The van der Waals surface area contributed by atoms with Crippen molar-refractivity contribution in [2.75, 3.05) is 40.3 Å². The van der Waals surface area contributed by atoms with Gasteiger partial charge in [-0.05, 0) is 41.8 Å². The number of halogens is 2. The number of amides is 1. The highest BCUT2D eigenvalue weighted by Gasteiger charge is 2.25. The van der Waals surface area contributed by atoms with Crippen LogP contribution in [0, 0.1) is 5.82 Å². The first-order valence-electron chi connectivity index (χ1n) is 10.2. The number of aliphatic imine (C=N–C) groups is 1. The number of nitrogens with one attached hydrogen (secondary N) is 2. The fraction of sp³-hybridized carbons (Fsp3) is 0.391. The van der Waals surface area contributed by atoms with Crippen molar-refractivity contribution in [3.63, 3.8) is 0 Å². The van der Waals surface area contributed by atoms with E-state index >= 15 is 0 Å². The number of ether oxygens (including phenoxy) is 1. The molecule has 1 atom stereocenters. The van der Waals surface area contributed by atoms with E-state index in [4.69, 9.17) is 4.74 Å². The number of guanidine groups is 1. The topological polar surface area (TPSA) is 66.0 Å². The highest BCUT2D eigenvalue weighted by atomic mass is 127. The van der Waals surface area contributed by atoms with E-state index in [9.17, 15) is 9.18 Å². The van der Waals surface area contributed by atoms with Crippen molar-refractivity contribution in [2.45, 2.75) is 18.8 Å². The minimum atomic E-state index is -0.329. The number of benzene rings is 2. The van der Waals surface area contributed by atoms with Crippen LogP contribution in [0.2, 0.25) is 0 Å². The lowest BCUT2D eigenvalue weighted by Crippen LogP contribution is -2.43. The molecule has 0 bridgehead atoms. The fourth-order valence-corrected chi connectivity index (χ4v) is 3.70. The van der Waals surface area contributed by atoms with Crippen molar-refractivity contribution in [2.24, 2.45) is 4.99 Å². The van der Waals surface area contributed by atoms with Crippen molar-refractivity contribution in [3.8, 4) is 5.75 Å². The van der Waals surface area contributed by atoms with Gasteiger partial charge in [0.2, 0.25) is 5.91 Å². The quantitative estimate of drug-likeness (QED) is 0.245. The second-order valence-electron chi connectivity index (χ2n) is 7.34. The Hall–Kier alpha value is -2.36. The number of carbonyl (C=O) groups excluding carboxylic acids is 1. The maximum atomic E-state index is 13.2. The molecule has 1 aliphatic heterocycles. The van der Waals surface area contributed by atoms with Crippen LogP contribution in [0.25, 0.3) is 0 Å². The Balaban J connectivity index is 0.00000341. The number of hydrogen-bond donors (Lipinski definition) is 2. The molecule has 6 nitrogen and oxygen atoms in total. The largest absolute Gasteiger partial charge is 0.497 e. The predicted octanol–water partition coefficient (Wildman–Crippen LogP) is 3.18. The van der Waals surface area contributed by atoms with E-state index in [1.165, 1.54) is 17.7 Å². The van der Waals surface area contributed by atoms with Gasteiger partial charge in [0, 0.05) is 39.1 Å². The smallest absolute Gasteiger partial charge is 0.224 e. The van der Waals surface area contributed by atoms with Crippen LogP contribution in [-0.2, 0) is 11.2 Å². The van der Waals surface area contributed by atoms with Gasteiger partial charge in [0.05, 0.1) is 13.5 Å². The van der Waals surface area contributed by atoms with Crippen molar-refractivity contribution >= 4 is 35.8 Å². The van der Waals surface area contributed by atoms with E-state index in [1.54, 1.807) is 26.3 Å². The number of likely N-dealkylation sites (tertiary alicyclic amines) is 1. The summed E-state index contributed by atoms with van der Waals surface area (Å²) in [6, 6.07) is 14.3. The van der Waals surface area contributed by atoms with Crippen LogP contribution in [0.1, 0.15) is 23.5 Å².